The Morgan fingerprint density at radius 1 is 1.00 bits per heavy atom. The third kappa shape index (κ3) is 3.92. The van der Waals surface area contributed by atoms with Crippen molar-refractivity contribution in [2.75, 3.05) is 14.2 Å². The second-order valence-corrected chi connectivity index (χ2v) is 9.98. The van der Waals surface area contributed by atoms with Gasteiger partial charge in [0.05, 0.1) is 36.1 Å². The quantitative estimate of drug-likeness (QED) is 0.389. The van der Waals surface area contributed by atoms with Crippen LogP contribution in [0.5, 0.6) is 5.75 Å². The molecule has 0 fully saturated rings. The summed E-state index contributed by atoms with van der Waals surface area (Å²) in [5, 5.41) is 0. The highest BCUT2D eigenvalue weighted by Gasteiger charge is 2.33. The fourth-order valence-electron chi connectivity index (χ4n) is 5.18. The minimum absolute atomic E-state index is 0.0953. The summed E-state index contributed by atoms with van der Waals surface area (Å²) in [5.41, 5.74) is 6.61. The van der Waals surface area contributed by atoms with Crippen LogP contribution in [0.2, 0.25) is 0 Å². The molecular weight excluding hydrogens is 484 g/mol. The summed E-state index contributed by atoms with van der Waals surface area (Å²) in [7, 11) is 3.01. The van der Waals surface area contributed by atoms with Gasteiger partial charge in [0.25, 0.3) is 5.56 Å². The number of hydrogen-bond acceptors (Lipinski definition) is 6. The number of aryl methyl sites for hydroxylation is 1. The monoisotopic (exact) mass is 508 g/mol. The van der Waals surface area contributed by atoms with Gasteiger partial charge < -0.3 is 9.47 Å². The van der Waals surface area contributed by atoms with Crippen LogP contribution in [0, 0.1) is 0 Å². The zero-order valence-corrected chi connectivity index (χ0v) is 21.2. The summed E-state index contributed by atoms with van der Waals surface area (Å²) in [6.07, 6.45) is 3.56. The Kier molecular flexibility index (Phi) is 5.85. The van der Waals surface area contributed by atoms with Gasteiger partial charge in [0.1, 0.15) is 5.75 Å². The Morgan fingerprint density at radius 3 is 2.54 bits per heavy atom. The van der Waals surface area contributed by atoms with Crippen LogP contribution in [0.1, 0.15) is 45.1 Å². The molecule has 0 spiro atoms. The summed E-state index contributed by atoms with van der Waals surface area (Å²) in [6.45, 7) is 0. The fraction of sp³-hybridized carbons (Fsp3) is 0.167. The molecule has 184 valence electrons. The number of aromatic nitrogens is 1. The van der Waals surface area contributed by atoms with Crippen molar-refractivity contribution in [3.05, 3.63) is 126 Å². The Morgan fingerprint density at radius 2 is 1.76 bits per heavy atom. The molecule has 7 heteroatoms. The topological polar surface area (TPSA) is 69.9 Å². The normalized spacial score (nSPS) is 16.4. The molecule has 0 saturated carbocycles. The first-order valence-corrected chi connectivity index (χ1v) is 12.8. The van der Waals surface area contributed by atoms with Gasteiger partial charge in [-0.15, -0.1) is 0 Å². The molecule has 2 aliphatic rings. The Bertz CT molecular complexity index is 1750. The Balaban J connectivity index is 1.57. The van der Waals surface area contributed by atoms with E-state index in [0.29, 0.717) is 14.9 Å². The molecule has 0 amide bonds. The van der Waals surface area contributed by atoms with Crippen LogP contribution in [0.4, 0.5) is 0 Å². The van der Waals surface area contributed by atoms with E-state index >= 15 is 0 Å². The Hall–Kier alpha value is -4.23. The van der Waals surface area contributed by atoms with Crippen LogP contribution in [0.25, 0.3) is 11.8 Å². The number of carbonyl (C=O) groups excluding carboxylic acids is 1. The lowest BCUT2D eigenvalue weighted by Gasteiger charge is -2.31. The molecule has 1 atom stereocenters. The Labute approximate surface area is 217 Å². The molecular formula is C30H24N2O4S. The molecule has 3 aromatic carbocycles. The average Bonchev–Trinajstić information content (AvgIpc) is 3.25. The van der Waals surface area contributed by atoms with Crippen molar-refractivity contribution >= 4 is 29.1 Å². The molecule has 0 N–H and O–H groups in total. The van der Waals surface area contributed by atoms with Crippen molar-refractivity contribution < 1.29 is 14.3 Å². The molecule has 0 saturated heterocycles. The minimum atomic E-state index is -0.395. The fourth-order valence-corrected chi connectivity index (χ4v) is 6.18. The number of benzene rings is 3. The lowest BCUT2D eigenvalue weighted by Crippen LogP contribution is -2.39. The van der Waals surface area contributed by atoms with Crippen molar-refractivity contribution in [2.45, 2.75) is 18.9 Å². The van der Waals surface area contributed by atoms with Gasteiger partial charge in [0, 0.05) is 11.1 Å². The maximum Gasteiger partial charge on any atom is 0.337 e. The predicted octanol–water partition coefficient (Wildman–Crippen LogP) is 4.11. The van der Waals surface area contributed by atoms with E-state index in [9.17, 15) is 9.59 Å². The van der Waals surface area contributed by atoms with Gasteiger partial charge in [0.2, 0.25) is 0 Å². The average molecular weight is 509 g/mol. The number of methoxy groups -OCH3 is 2. The van der Waals surface area contributed by atoms with Gasteiger partial charge in [-0.3, -0.25) is 9.36 Å². The largest absolute Gasteiger partial charge is 0.496 e. The summed E-state index contributed by atoms with van der Waals surface area (Å²) in [6, 6.07) is 23.0. The van der Waals surface area contributed by atoms with Crippen molar-refractivity contribution in [1.29, 1.82) is 0 Å². The summed E-state index contributed by atoms with van der Waals surface area (Å²) >= 11 is 1.38. The number of allylic oxidation sites excluding steroid dienone is 1. The minimum Gasteiger partial charge on any atom is -0.496 e. The van der Waals surface area contributed by atoms with Crippen LogP contribution < -0.4 is 19.6 Å². The number of fused-ring (bicyclic) bond motifs is 3. The second kappa shape index (κ2) is 9.33. The van der Waals surface area contributed by atoms with Crippen molar-refractivity contribution in [2.24, 2.45) is 4.99 Å². The number of rotatable bonds is 4. The van der Waals surface area contributed by atoms with Gasteiger partial charge in [-0.25, -0.2) is 9.79 Å². The second-order valence-electron chi connectivity index (χ2n) is 8.97. The van der Waals surface area contributed by atoms with Gasteiger partial charge in [-0.05, 0) is 53.8 Å². The SMILES string of the molecule is COC(=O)c1ccc(C=c2sc3n(c2=O)C(c2ccccc2OC)C2=C(N=3)c3ccccc3CC2)cc1. The van der Waals surface area contributed by atoms with Crippen molar-refractivity contribution in [3.8, 4) is 5.75 Å². The highest BCUT2D eigenvalue weighted by molar-refractivity contribution is 7.07. The number of hydrogen-bond donors (Lipinski definition) is 0. The third-order valence-electron chi connectivity index (χ3n) is 6.94. The standard InChI is InChI=1S/C30H24N2O4S/c1-35-24-10-6-5-9-22(24)27-23-16-15-19-7-3-4-8-21(19)26(23)31-30-32(27)28(33)25(37-30)17-18-11-13-20(14-12-18)29(34)36-2/h3-14,17,27H,15-16H2,1-2H3. The number of ether oxygens (including phenoxy) is 2. The van der Waals surface area contributed by atoms with E-state index in [4.69, 9.17) is 14.5 Å². The van der Waals surface area contributed by atoms with Crippen LogP contribution in [0.15, 0.2) is 88.2 Å². The molecule has 37 heavy (non-hydrogen) atoms. The first-order valence-electron chi connectivity index (χ1n) is 12.0. The molecule has 0 radical (unpaired) electrons. The van der Waals surface area contributed by atoms with E-state index in [0.717, 1.165) is 46.6 Å². The molecule has 6 nitrogen and oxygen atoms in total. The van der Waals surface area contributed by atoms with E-state index in [1.165, 1.54) is 24.0 Å². The van der Waals surface area contributed by atoms with E-state index in [1.807, 2.05) is 53.1 Å². The molecule has 1 unspecified atom stereocenters. The van der Waals surface area contributed by atoms with Gasteiger partial charge in [-0.1, -0.05) is 65.9 Å². The number of thiazole rings is 1. The summed E-state index contributed by atoms with van der Waals surface area (Å²) in [5.74, 6) is 0.349. The number of carbonyl (C=O) groups is 1. The molecule has 0 bridgehead atoms. The molecule has 2 heterocycles. The van der Waals surface area contributed by atoms with Crippen LogP contribution in [-0.2, 0) is 11.2 Å². The van der Waals surface area contributed by atoms with E-state index in [-0.39, 0.29) is 11.6 Å². The maximum atomic E-state index is 13.9. The predicted molar refractivity (Wildman–Crippen MR) is 144 cm³/mol. The van der Waals surface area contributed by atoms with Crippen molar-refractivity contribution in [3.63, 3.8) is 0 Å². The number of esters is 1. The van der Waals surface area contributed by atoms with Crippen LogP contribution in [-0.4, -0.2) is 24.8 Å². The lowest BCUT2D eigenvalue weighted by molar-refractivity contribution is 0.0600. The molecule has 1 aromatic heterocycles. The zero-order valence-electron chi connectivity index (χ0n) is 20.4. The van der Waals surface area contributed by atoms with Crippen molar-refractivity contribution in [1.82, 2.24) is 4.57 Å². The zero-order chi connectivity index (χ0) is 25.5. The van der Waals surface area contributed by atoms with Gasteiger partial charge in [-0.2, -0.15) is 0 Å². The number of para-hydroxylation sites is 1. The van der Waals surface area contributed by atoms with E-state index < -0.39 is 5.97 Å². The number of nitrogens with zero attached hydrogens (tertiary/aromatic N) is 2. The lowest BCUT2D eigenvalue weighted by atomic mass is 9.83. The summed E-state index contributed by atoms with van der Waals surface area (Å²) < 4.78 is 12.9. The highest BCUT2D eigenvalue weighted by atomic mass is 32.1. The van der Waals surface area contributed by atoms with Crippen LogP contribution in [0.3, 0.4) is 0 Å². The molecule has 1 aliphatic carbocycles. The first-order chi connectivity index (χ1) is 18.1. The van der Waals surface area contributed by atoms with Gasteiger partial charge in [0.15, 0.2) is 4.80 Å². The first kappa shape index (κ1) is 23.2. The summed E-state index contributed by atoms with van der Waals surface area (Å²) in [4.78, 5) is 31.4. The van der Waals surface area contributed by atoms with E-state index in [1.54, 1.807) is 19.2 Å². The molecule has 6 rings (SSSR count). The maximum absolute atomic E-state index is 13.9. The third-order valence-corrected chi connectivity index (χ3v) is 7.92. The highest BCUT2D eigenvalue weighted by Crippen LogP contribution is 2.43. The van der Waals surface area contributed by atoms with E-state index in [2.05, 4.69) is 18.2 Å². The van der Waals surface area contributed by atoms with Crippen LogP contribution >= 0.6 is 11.3 Å². The smallest absolute Gasteiger partial charge is 0.337 e. The molecule has 1 aliphatic heterocycles. The van der Waals surface area contributed by atoms with Gasteiger partial charge >= 0.3 is 5.97 Å². The molecule has 4 aromatic rings.